The molecule has 15 heteroatoms. The van der Waals surface area contributed by atoms with Gasteiger partial charge in [0.2, 0.25) is 0 Å². The number of halogens is 6. The van der Waals surface area contributed by atoms with Crippen LogP contribution < -0.4 is 37.1 Å². The van der Waals surface area contributed by atoms with Gasteiger partial charge in [0.25, 0.3) is 0 Å². The third-order valence-electron chi connectivity index (χ3n) is 10.2. The van der Waals surface area contributed by atoms with Gasteiger partial charge in [-0.2, -0.15) is 0 Å². The molecule has 9 aromatic rings. The number of nitrogens with zero attached hydrogens (tertiary/aromatic N) is 4. The van der Waals surface area contributed by atoms with E-state index in [0.717, 1.165) is 22.9 Å². The minimum atomic E-state index is -10.7. The second-order valence-electron chi connectivity index (χ2n) is 15.2. The number of hydrogen-bond donors (Lipinski definition) is 1. The molecule has 0 unspecified atom stereocenters. The van der Waals surface area contributed by atoms with E-state index in [2.05, 4.69) is 202 Å². The average molecular weight is 1040 g/mol. The minimum Gasteiger partial charge on any atom is -0.358 e. The van der Waals surface area contributed by atoms with Crippen molar-refractivity contribution < 1.29 is 42.3 Å². The summed E-state index contributed by atoms with van der Waals surface area (Å²) >= 11 is 0. The summed E-state index contributed by atoms with van der Waals surface area (Å²) in [4.78, 5) is 18.2. The Morgan fingerprint density at radius 2 is 0.623 bits per heavy atom. The van der Waals surface area contributed by atoms with E-state index in [1.807, 2.05) is 54.6 Å². The summed E-state index contributed by atoms with van der Waals surface area (Å²) in [6.07, 6.45) is 5.35. The molecule has 4 heterocycles. The quantitative estimate of drug-likeness (QED) is 0.0889. The van der Waals surface area contributed by atoms with Crippen LogP contribution in [0, 0.1) is 0 Å². The molecule has 6 aromatic carbocycles. The van der Waals surface area contributed by atoms with E-state index in [0.29, 0.717) is 0 Å². The Kier molecular flexibility index (Phi) is 17.9. The number of pyridine rings is 3. The molecule has 10 rings (SSSR count). The monoisotopic (exact) mass is 1040 g/mol. The first kappa shape index (κ1) is 52.0. The van der Waals surface area contributed by atoms with Gasteiger partial charge in [-0.05, 0) is 109 Å². The van der Waals surface area contributed by atoms with Crippen LogP contribution in [-0.4, -0.2) is 20.8 Å². The Morgan fingerprint density at radius 3 is 0.899 bits per heavy atom. The van der Waals surface area contributed by atoms with Gasteiger partial charge >= 0.3 is 50.1 Å². The van der Waals surface area contributed by atoms with Gasteiger partial charge in [-0.3, -0.25) is 19.9 Å². The summed E-state index contributed by atoms with van der Waals surface area (Å²) in [5.41, 5.74) is 2.69. The van der Waals surface area contributed by atoms with Gasteiger partial charge in [-0.1, -0.05) is 127 Å². The number of rotatable bonds is 9. The molecule has 0 radical (unpaired) electrons. The van der Waals surface area contributed by atoms with Crippen molar-refractivity contribution in [3.63, 3.8) is 0 Å². The van der Waals surface area contributed by atoms with Crippen LogP contribution in [0.3, 0.4) is 0 Å². The summed E-state index contributed by atoms with van der Waals surface area (Å²) < 4.78 is 59.2. The minimum absolute atomic E-state index is 0. The number of aliphatic imine (C=N–C) groups is 1. The summed E-state index contributed by atoms with van der Waals surface area (Å²) in [6.45, 7) is 0. The maximum absolute atomic E-state index is 10.7. The molecule has 3 aromatic heterocycles. The van der Waals surface area contributed by atoms with Crippen molar-refractivity contribution in [2.24, 2.45) is 4.99 Å². The van der Waals surface area contributed by atoms with Crippen LogP contribution in [0.1, 0.15) is 29.2 Å². The van der Waals surface area contributed by atoms with E-state index in [1.165, 1.54) is 31.8 Å². The van der Waals surface area contributed by atoms with Crippen LogP contribution in [0.4, 0.5) is 25.2 Å². The first-order chi connectivity index (χ1) is 32.8. The molecule has 69 heavy (non-hydrogen) atoms. The van der Waals surface area contributed by atoms with E-state index in [9.17, 15) is 25.2 Å². The topological polar surface area (TPSA) is 63.1 Å². The number of amidine groups is 1. The summed E-state index contributed by atoms with van der Waals surface area (Å²) in [5.74, 6) is 0.775. The molecule has 0 saturated heterocycles. The standard InChI is InChI=1S/C18H15N5.2C18H15P.Cu.F6P/c1-4-10-19-13(7-1)16-17(14-8-2-5-11-20-14)23-18(22-16)15-9-3-6-12-21-15;2*1-4-10-16(11-5-1)19(17-12-6-2-7-13-17)18-14-8-3-9-15-18;;1-7(2,3,4,5)6/h1-12,16-17H,(H,22,23);2*1-15H;;/q;;;+1;-1/p+2/t16-,17-;;;;/m0..../s1. The second-order valence-corrected chi connectivity index (χ2v) is 22.1. The van der Waals surface area contributed by atoms with Crippen LogP contribution in [0.25, 0.3) is 0 Å². The van der Waals surface area contributed by atoms with Crippen molar-refractivity contribution in [1.29, 1.82) is 0 Å². The zero-order valence-corrected chi connectivity index (χ0v) is 40.5. The number of hydrogen-bond acceptors (Lipinski definition) is 5. The van der Waals surface area contributed by atoms with E-state index < -0.39 is 23.7 Å². The fourth-order valence-electron chi connectivity index (χ4n) is 7.33. The molecule has 0 aliphatic carbocycles. The van der Waals surface area contributed by atoms with Gasteiger partial charge in [-0.15, -0.1) is 0 Å². The molecular formula is C54H47CuF6N5P3+2. The molecule has 0 amide bonds. The maximum Gasteiger partial charge on any atom is 1.00 e. The zero-order valence-electron chi connectivity index (χ0n) is 36.7. The fourth-order valence-corrected chi connectivity index (χ4v) is 12.5. The number of benzene rings is 6. The van der Waals surface area contributed by atoms with Crippen molar-refractivity contribution in [3.05, 3.63) is 272 Å². The van der Waals surface area contributed by atoms with Crippen LogP contribution in [0.5, 0.6) is 0 Å². The molecule has 1 aliphatic heterocycles. The molecule has 354 valence electrons. The molecular weight excluding hydrogens is 989 g/mol. The zero-order chi connectivity index (χ0) is 47.7. The van der Waals surface area contributed by atoms with Crippen LogP contribution in [-0.2, 0) is 17.1 Å². The van der Waals surface area contributed by atoms with Crippen molar-refractivity contribution in [2.45, 2.75) is 12.1 Å². The smallest absolute Gasteiger partial charge is 0.358 e. The fraction of sp³-hybridized carbons (Fsp3) is 0.0370. The molecule has 5 nitrogen and oxygen atoms in total. The second kappa shape index (κ2) is 23.8. The molecule has 0 saturated carbocycles. The molecule has 0 fully saturated rings. The largest absolute Gasteiger partial charge is 1.00 e. The molecule has 0 bridgehead atoms. The Balaban J connectivity index is 0.000000159. The summed E-state index contributed by atoms with van der Waals surface area (Å²) in [5, 5.41) is 12.1. The average Bonchev–Trinajstić information content (AvgIpc) is 3.83. The maximum atomic E-state index is 9.87. The SMILES string of the molecule is F[P-](F)(F)(F)(F)F.[Cu+].c1ccc(C2=N[C@@H](c3ccccn3)[C@H](c3ccccn3)N2)nc1.c1ccc([PH+](c2ccccc2)c2ccccc2)cc1.c1ccc([PH+](c2ccccc2)c2ccccc2)cc1. The third-order valence-corrected chi connectivity index (χ3v) is 15.6. The van der Waals surface area contributed by atoms with Gasteiger partial charge in [-0.25, -0.2) is 0 Å². The van der Waals surface area contributed by atoms with Gasteiger partial charge in [0.1, 0.15) is 49.4 Å². The van der Waals surface area contributed by atoms with E-state index >= 15 is 0 Å². The number of aromatic nitrogens is 3. The summed E-state index contributed by atoms with van der Waals surface area (Å²) in [7, 11) is -12.4. The van der Waals surface area contributed by atoms with Crippen LogP contribution in [0.15, 0.2) is 260 Å². The van der Waals surface area contributed by atoms with Gasteiger partial charge in [0, 0.05) is 18.6 Å². The van der Waals surface area contributed by atoms with Crippen LogP contribution >= 0.6 is 23.7 Å². The van der Waals surface area contributed by atoms with Gasteiger partial charge < -0.3 is 5.32 Å². The van der Waals surface area contributed by atoms with Crippen molar-refractivity contribution in [1.82, 2.24) is 20.3 Å². The van der Waals surface area contributed by atoms with Crippen molar-refractivity contribution in [3.8, 4) is 0 Å². The Bertz CT molecular complexity index is 2590. The Hall–Kier alpha value is -6.37. The predicted octanol–water partition coefficient (Wildman–Crippen LogP) is 12.4. The molecule has 2 atom stereocenters. The normalized spacial score (nSPS) is 14.8. The Labute approximate surface area is 411 Å². The van der Waals surface area contributed by atoms with E-state index in [4.69, 9.17) is 4.99 Å². The number of nitrogens with one attached hydrogen (secondary N) is 1. The van der Waals surface area contributed by atoms with Crippen molar-refractivity contribution >= 4 is 61.3 Å². The van der Waals surface area contributed by atoms with E-state index in [-0.39, 0.29) is 29.2 Å². The summed E-state index contributed by atoms with van der Waals surface area (Å²) in [6, 6.07) is 82.4. The van der Waals surface area contributed by atoms with Crippen LogP contribution in [0.2, 0.25) is 0 Å². The molecule has 1 aliphatic rings. The van der Waals surface area contributed by atoms with E-state index in [1.54, 1.807) is 18.6 Å². The molecule has 0 spiro atoms. The first-order valence-electron chi connectivity index (χ1n) is 21.5. The van der Waals surface area contributed by atoms with Crippen molar-refractivity contribution in [2.75, 3.05) is 0 Å². The molecule has 1 N–H and O–H groups in total. The van der Waals surface area contributed by atoms with Gasteiger partial charge in [0.15, 0.2) is 0 Å². The third kappa shape index (κ3) is 17.0. The Morgan fingerprint density at radius 1 is 0.348 bits per heavy atom. The first-order valence-corrected chi connectivity index (χ1v) is 26.5. The van der Waals surface area contributed by atoms with Gasteiger partial charge in [0.05, 0.1) is 33.3 Å². The predicted molar refractivity (Wildman–Crippen MR) is 275 cm³/mol.